The Bertz CT molecular complexity index is 626. The smallest absolute Gasteiger partial charge is 0.322 e. The summed E-state index contributed by atoms with van der Waals surface area (Å²) in [7, 11) is 0. The summed E-state index contributed by atoms with van der Waals surface area (Å²) in [6.45, 7) is 10.8. The van der Waals surface area contributed by atoms with Crippen LogP contribution in [0.25, 0.3) is 11.4 Å². The summed E-state index contributed by atoms with van der Waals surface area (Å²) in [6.07, 6.45) is 0.0216. The lowest BCUT2D eigenvalue weighted by atomic mass is 10.1. The molecule has 0 radical (unpaired) electrons. The first-order chi connectivity index (χ1) is 9.99. The lowest BCUT2D eigenvalue weighted by Gasteiger charge is -2.12. The van der Waals surface area contributed by atoms with Gasteiger partial charge in [0.05, 0.1) is 6.10 Å². The number of aromatic nitrogens is 3. The van der Waals surface area contributed by atoms with Crippen molar-refractivity contribution in [3.8, 4) is 17.4 Å². The molecular formula is C16H22N4O. The van der Waals surface area contributed by atoms with Crippen LogP contribution in [-0.4, -0.2) is 27.6 Å². The summed E-state index contributed by atoms with van der Waals surface area (Å²) in [4.78, 5) is 13.2. The molecule has 5 heteroatoms. The minimum atomic E-state index is 0.0216. The molecule has 5 nitrogen and oxygen atoms in total. The standard InChI is InChI=1S/C16H22N4O/c1-6-17-15-18-14(19-16(20-15)21-10(2)3)13-9-11(4)7-8-12(13)5/h7-10H,6H2,1-5H3,(H,17,18,19,20). The highest BCUT2D eigenvalue weighted by molar-refractivity contribution is 5.62. The van der Waals surface area contributed by atoms with Crippen molar-refractivity contribution in [3.05, 3.63) is 29.3 Å². The predicted molar refractivity (Wildman–Crippen MR) is 84.7 cm³/mol. The van der Waals surface area contributed by atoms with E-state index in [-0.39, 0.29) is 6.10 Å². The van der Waals surface area contributed by atoms with Crippen LogP contribution >= 0.6 is 0 Å². The molecule has 0 saturated heterocycles. The molecular weight excluding hydrogens is 264 g/mol. The first kappa shape index (κ1) is 15.2. The van der Waals surface area contributed by atoms with E-state index in [9.17, 15) is 0 Å². The Kier molecular flexibility index (Phi) is 4.73. The van der Waals surface area contributed by atoms with Gasteiger partial charge in [-0.15, -0.1) is 0 Å². The van der Waals surface area contributed by atoms with Gasteiger partial charge in [0.2, 0.25) is 5.95 Å². The van der Waals surface area contributed by atoms with Crippen LogP contribution in [0.2, 0.25) is 0 Å². The fraction of sp³-hybridized carbons (Fsp3) is 0.438. The molecule has 2 rings (SSSR count). The Morgan fingerprint density at radius 1 is 1.14 bits per heavy atom. The fourth-order valence-corrected chi connectivity index (χ4v) is 1.95. The van der Waals surface area contributed by atoms with Crippen LogP contribution in [0.5, 0.6) is 6.01 Å². The van der Waals surface area contributed by atoms with Gasteiger partial charge in [-0.05, 0) is 46.2 Å². The molecule has 0 atom stereocenters. The quantitative estimate of drug-likeness (QED) is 0.913. The lowest BCUT2D eigenvalue weighted by Crippen LogP contribution is -2.12. The number of aryl methyl sites for hydroxylation is 2. The van der Waals surface area contributed by atoms with Gasteiger partial charge in [0.25, 0.3) is 0 Å². The SMILES string of the molecule is CCNc1nc(OC(C)C)nc(-c2cc(C)ccc2C)n1. The predicted octanol–water partition coefficient (Wildman–Crippen LogP) is 3.37. The van der Waals surface area contributed by atoms with Crippen molar-refractivity contribution in [1.29, 1.82) is 0 Å². The molecule has 1 aromatic heterocycles. The highest BCUT2D eigenvalue weighted by atomic mass is 16.5. The number of hydrogen-bond donors (Lipinski definition) is 1. The van der Waals surface area contributed by atoms with E-state index >= 15 is 0 Å². The minimum absolute atomic E-state index is 0.0216. The van der Waals surface area contributed by atoms with E-state index in [0.29, 0.717) is 17.8 Å². The minimum Gasteiger partial charge on any atom is -0.461 e. The first-order valence-electron chi connectivity index (χ1n) is 7.23. The molecule has 0 bridgehead atoms. The van der Waals surface area contributed by atoms with E-state index < -0.39 is 0 Å². The molecule has 1 N–H and O–H groups in total. The summed E-state index contributed by atoms with van der Waals surface area (Å²) >= 11 is 0. The van der Waals surface area contributed by atoms with Gasteiger partial charge >= 0.3 is 6.01 Å². The van der Waals surface area contributed by atoms with E-state index in [0.717, 1.165) is 17.7 Å². The van der Waals surface area contributed by atoms with Gasteiger partial charge in [-0.25, -0.2) is 0 Å². The van der Waals surface area contributed by atoms with E-state index in [1.807, 2.05) is 20.8 Å². The molecule has 1 aromatic carbocycles. The van der Waals surface area contributed by atoms with Gasteiger partial charge in [0, 0.05) is 12.1 Å². The zero-order chi connectivity index (χ0) is 15.4. The zero-order valence-corrected chi connectivity index (χ0v) is 13.3. The number of benzene rings is 1. The zero-order valence-electron chi connectivity index (χ0n) is 13.3. The Hall–Kier alpha value is -2.17. The molecule has 0 fully saturated rings. The van der Waals surface area contributed by atoms with Crippen LogP contribution in [0.1, 0.15) is 31.9 Å². The maximum atomic E-state index is 5.63. The first-order valence-corrected chi connectivity index (χ1v) is 7.23. The number of hydrogen-bond acceptors (Lipinski definition) is 5. The van der Waals surface area contributed by atoms with Crippen LogP contribution in [0.4, 0.5) is 5.95 Å². The molecule has 21 heavy (non-hydrogen) atoms. The molecule has 0 unspecified atom stereocenters. The van der Waals surface area contributed by atoms with Crippen molar-refractivity contribution < 1.29 is 4.74 Å². The largest absolute Gasteiger partial charge is 0.461 e. The maximum Gasteiger partial charge on any atom is 0.322 e. The van der Waals surface area contributed by atoms with Crippen LogP contribution in [0.3, 0.4) is 0 Å². The Balaban J connectivity index is 2.50. The third-order valence-corrected chi connectivity index (χ3v) is 2.92. The third kappa shape index (κ3) is 3.90. The van der Waals surface area contributed by atoms with E-state index in [1.54, 1.807) is 0 Å². The Morgan fingerprint density at radius 3 is 2.57 bits per heavy atom. The average Bonchev–Trinajstić information content (AvgIpc) is 2.41. The fourth-order valence-electron chi connectivity index (χ4n) is 1.95. The number of nitrogens with one attached hydrogen (secondary N) is 1. The summed E-state index contributed by atoms with van der Waals surface area (Å²) in [5.41, 5.74) is 3.31. The summed E-state index contributed by atoms with van der Waals surface area (Å²) < 4.78 is 5.63. The highest BCUT2D eigenvalue weighted by Crippen LogP contribution is 2.23. The molecule has 2 aromatic rings. The van der Waals surface area contributed by atoms with Crippen LogP contribution in [0, 0.1) is 13.8 Å². The van der Waals surface area contributed by atoms with E-state index in [2.05, 4.69) is 52.3 Å². The number of rotatable bonds is 5. The lowest BCUT2D eigenvalue weighted by molar-refractivity contribution is 0.222. The second kappa shape index (κ2) is 6.52. The van der Waals surface area contributed by atoms with Crippen LogP contribution in [-0.2, 0) is 0 Å². The van der Waals surface area contributed by atoms with Gasteiger partial charge in [-0.1, -0.05) is 17.7 Å². The Morgan fingerprint density at radius 2 is 1.90 bits per heavy atom. The summed E-state index contributed by atoms with van der Waals surface area (Å²) in [6, 6.07) is 6.59. The molecule has 1 heterocycles. The maximum absolute atomic E-state index is 5.63. The summed E-state index contributed by atoms with van der Waals surface area (Å²) in [5, 5.41) is 3.12. The van der Waals surface area contributed by atoms with Crippen molar-refractivity contribution >= 4 is 5.95 Å². The van der Waals surface area contributed by atoms with Gasteiger partial charge in [-0.2, -0.15) is 15.0 Å². The molecule has 0 aliphatic heterocycles. The second-order valence-electron chi connectivity index (χ2n) is 5.28. The third-order valence-electron chi connectivity index (χ3n) is 2.92. The average molecular weight is 286 g/mol. The van der Waals surface area contributed by atoms with Crippen molar-refractivity contribution in [1.82, 2.24) is 15.0 Å². The van der Waals surface area contributed by atoms with Gasteiger partial charge < -0.3 is 10.1 Å². The molecule has 0 aliphatic carbocycles. The van der Waals surface area contributed by atoms with Crippen molar-refractivity contribution in [2.75, 3.05) is 11.9 Å². The van der Waals surface area contributed by atoms with Crippen molar-refractivity contribution in [2.24, 2.45) is 0 Å². The number of ether oxygens (including phenoxy) is 1. The normalized spacial score (nSPS) is 10.8. The second-order valence-corrected chi connectivity index (χ2v) is 5.28. The van der Waals surface area contributed by atoms with Gasteiger partial charge in [0.15, 0.2) is 5.82 Å². The molecule has 112 valence electrons. The van der Waals surface area contributed by atoms with Gasteiger partial charge in [0.1, 0.15) is 0 Å². The monoisotopic (exact) mass is 286 g/mol. The molecule has 0 saturated carbocycles. The van der Waals surface area contributed by atoms with Crippen molar-refractivity contribution in [3.63, 3.8) is 0 Å². The Labute approximate surface area is 125 Å². The molecule has 0 spiro atoms. The number of anilines is 1. The molecule has 0 aliphatic rings. The van der Waals surface area contributed by atoms with Crippen LogP contribution in [0.15, 0.2) is 18.2 Å². The van der Waals surface area contributed by atoms with E-state index in [4.69, 9.17) is 4.74 Å². The van der Waals surface area contributed by atoms with Crippen LogP contribution < -0.4 is 10.1 Å². The van der Waals surface area contributed by atoms with Crippen molar-refractivity contribution in [2.45, 2.75) is 40.7 Å². The number of nitrogens with zero attached hydrogens (tertiary/aromatic N) is 3. The van der Waals surface area contributed by atoms with E-state index in [1.165, 1.54) is 5.56 Å². The summed E-state index contributed by atoms with van der Waals surface area (Å²) in [5.74, 6) is 1.18. The highest BCUT2D eigenvalue weighted by Gasteiger charge is 2.12. The van der Waals surface area contributed by atoms with Gasteiger partial charge in [-0.3, -0.25) is 0 Å². The topological polar surface area (TPSA) is 59.9 Å². The molecule has 0 amide bonds.